The molecule has 3 N–H and O–H groups in total. The van der Waals surface area contributed by atoms with Crippen molar-refractivity contribution >= 4 is 11.8 Å². The highest BCUT2D eigenvalue weighted by Crippen LogP contribution is 2.27. The highest BCUT2D eigenvalue weighted by molar-refractivity contribution is 7.99. The summed E-state index contributed by atoms with van der Waals surface area (Å²) in [6.45, 7) is 2.06. The molecule has 0 amide bonds. The van der Waals surface area contributed by atoms with Crippen LogP contribution in [0.5, 0.6) is 5.75 Å². The maximum absolute atomic E-state index is 13.8. The number of halogens is 1. The zero-order chi connectivity index (χ0) is 15.2. The molecule has 0 saturated carbocycles. The second-order valence-electron chi connectivity index (χ2n) is 4.74. The summed E-state index contributed by atoms with van der Waals surface area (Å²) in [5, 5.41) is 0. The Bertz CT molecular complexity index is 607. The van der Waals surface area contributed by atoms with E-state index in [-0.39, 0.29) is 17.6 Å². The average Bonchev–Trinajstić information content (AvgIpc) is 2.48. The zero-order valence-electron chi connectivity index (χ0n) is 12.1. The maximum atomic E-state index is 13.8. The molecule has 21 heavy (non-hydrogen) atoms. The molecule has 1 unspecified atom stereocenters. The Labute approximate surface area is 128 Å². The van der Waals surface area contributed by atoms with Crippen LogP contribution in [0, 0.1) is 12.7 Å². The highest BCUT2D eigenvalue weighted by atomic mass is 32.2. The summed E-state index contributed by atoms with van der Waals surface area (Å²) >= 11 is 1.68. The van der Waals surface area contributed by atoms with Gasteiger partial charge in [0.05, 0.1) is 13.2 Å². The van der Waals surface area contributed by atoms with Crippen LogP contribution >= 0.6 is 11.8 Å². The van der Waals surface area contributed by atoms with Crippen LogP contribution in [-0.2, 0) is 0 Å². The third-order valence-corrected chi connectivity index (χ3v) is 4.27. The van der Waals surface area contributed by atoms with Gasteiger partial charge in [-0.05, 0) is 36.8 Å². The predicted molar refractivity (Wildman–Crippen MR) is 84.9 cm³/mol. The minimum absolute atomic E-state index is 0.129. The van der Waals surface area contributed by atoms with Crippen molar-refractivity contribution in [1.29, 1.82) is 0 Å². The molecule has 1 atom stereocenters. The van der Waals surface area contributed by atoms with Crippen molar-refractivity contribution in [2.24, 2.45) is 5.84 Å². The summed E-state index contributed by atoms with van der Waals surface area (Å²) in [7, 11) is 1.45. The third kappa shape index (κ3) is 4.20. The number of methoxy groups -OCH3 is 1. The minimum atomic E-state index is -0.379. The van der Waals surface area contributed by atoms with Gasteiger partial charge < -0.3 is 4.74 Å². The highest BCUT2D eigenvalue weighted by Gasteiger charge is 2.13. The molecule has 0 spiro atoms. The van der Waals surface area contributed by atoms with E-state index in [1.54, 1.807) is 17.8 Å². The Hall–Kier alpha value is -1.56. The molecule has 0 saturated heterocycles. The molecule has 112 valence electrons. The number of hydrazine groups is 1. The first-order valence-corrected chi connectivity index (χ1v) is 7.61. The number of thioether (sulfide) groups is 1. The first-order chi connectivity index (χ1) is 10.1. The van der Waals surface area contributed by atoms with E-state index in [4.69, 9.17) is 10.6 Å². The molecule has 0 bridgehead atoms. The summed E-state index contributed by atoms with van der Waals surface area (Å²) < 4.78 is 18.7. The van der Waals surface area contributed by atoms with Crippen LogP contribution in [0.25, 0.3) is 0 Å². The number of rotatable bonds is 6. The number of nitrogens with two attached hydrogens (primary N) is 1. The molecule has 0 fully saturated rings. The Morgan fingerprint density at radius 1 is 1.29 bits per heavy atom. The largest absolute Gasteiger partial charge is 0.494 e. The Kier molecular flexibility index (Phi) is 5.61. The number of nitrogens with one attached hydrogen (secondary N) is 1. The standard InChI is InChI=1S/C16H19FN2OS/c1-11-4-3-5-13(8-11)21-10-15(19-18)12-6-7-16(20-2)14(17)9-12/h3-9,15,19H,10,18H2,1-2H3. The van der Waals surface area contributed by atoms with E-state index in [0.29, 0.717) is 5.75 Å². The van der Waals surface area contributed by atoms with E-state index in [9.17, 15) is 4.39 Å². The van der Waals surface area contributed by atoms with Gasteiger partial charge in [-0.15, -0.1) is 11.8 Å². The van der Waals surface area contributed by atoms with E-state index in [1.807, 2.05) is 12.1 Å². The lowest BCUT2D eigenvalue weighted by Crippen LogP contribution is -2.29. The van der Waals surface area contributed by atoms with Gasteiger partial charge in [0.1, 0.15) is 0 Å². The van der Waals surface area contributed by atoms with Gasteiger partial charge >= 0.3 is 0 Å². The van der Waals surface area contributed by atoms with Crippen molar-refractivity contribution in [3.63, 3.8) is 0 Å². The molecule has 2 rings (SSSR count). The summed E-state index contributed by atoms with van der Waals surface area (Å²) in [6, 6.07) is 13.0. The van der Waals surface area contributed by atoms with Gasteiger partial charge in [0.15, 0.2) is 11.6 Å². The Morgan fingerprint density at radius 2 is 2.10 bits per heavy atom. The first-order valence-electron chi connectivity index (χ1n) is 6.63. The minimum Gasteiger partial charge on any atom is -0.494 e. The van der Waals surface area contributed by atoms with Crippen molar-refractivity contribution in [3.05, 3.63) is 59.4 Å². The zero-order valence-corrected chi connectivity index (χ0v) is 12.9. The molecule has 0 aliphatic heterocycles. The number of aryl methyl sites for hydroxylation is 1. The molecule has 0 aromatic heterocycles. The van der Waals surface area contributed by atoms with Crippen LogP contribution in [0.4, 0.5) is 4.39 Å². The van der Waals surface area contributed by atoms with E-state index in [1.165, 1.54) is 23.6 Å². The Balaban J connectivity index is 2.07. The number of hydrogen-bond donors (Lipinski definition) is 2. The smallest absolute Gasteiger partial charge is 0.165 e. The average molecular weight is 306 g/mol. The van der Waals surface area contributed by atoms with E-state index in [0.717, 1.165) is 5.56 Å². The molecule has 0 radical (unpaired) electrons. The van der Waals surface area contributed by atoms with Crippen LogP contribution < -0.4 is 16.0 Å². The number of hydrogen-bond acceptors (Lipinski definition) is 4. The van der Waals surface area contributed by atoms with Crippen LogP contribution in [0.3, 0.4) is 0 Å². The summed E-state index contributed by atoms with van der Waals surface area (Å²) in [4.78, 5) is 1.17. The molecular formula is C16H19FN2OS. The van der Waals surface area contributed by atoms with Crippen LogP contribution in [-0.4, -0.2) is 12.9 Å². The molecule has 5 heteroatoms. The lowest BCUT2D eigenvalue weighted by molar-refractivity contribution is 0.385. The second kappa shape index (κ2) is 7.45. The lowest BCUT2D eigenvalue weighted by Gasteiger charge is -2.17. The molecule has 0 heterocycles. The van der Waals surface area contributed by atoms with Gasteiger partial charge in [0, 0.05) is 10.6 Å². The predicted octanol–water partition coefficient (Wildman–Crippen LogP) is 3.44. The fraction of sp³-hybridized carbons (Fsp3) is 0.250. The molecule has 0 aliphatic rings. The van der Waals surface area contributed by atoms with Crippen molar-refractivity contribution in [3.8, 4) is 5.75 Å². The number of benzene rings is 2. The summed E-state index contributed by atoms with van der Waals surface area (Å²) in [5.74, 6) is 6.17. The van der Waals surface area contributed by atoms with Crippen LogP contribution in [0.1, 0.15) is 17.2 Å². The maximum Gasteiger partial charge on any atom is 0.165 e. The van der Waals surface area contributed by atoms with Gasteiger partial charge in [-0.2, -0.15) is 0 Å². The van der Waals surface area contributed by atoms with E-state index in [2.05, 4.69) is 30.5 Å². The van der Waals surface area contributed by atoms with Crippen molar-refractivity contribution in [2.75, 3.05) is 12.9 Å². The summed E-state index contributed by atoms with van der Waals surface area (Å²) in [5.41, 5.74) is 4.76. The van der Waals surface area contributed by atoms with E-state index < -0.39 is 0 Å². The molecule has 0 aliphatic carbocycles. The van der Waals surface area contributed by atoms with Crippen molar-refractivity contribution in [2.45, 2.75) is 17.9 Å². The fourth-order valence-electron chi connectivity index (χ4n) is 2.02. The molecule has 2 aromatic carbocycles. The monoisotopic (exact) mass is 306 g/mol. The third-order valence-electron chi connectivity index (χ3n) is 3.19. The summed E-state index contributed by atoms with van der Waals surface area (Å²) in [6.07, 6.45) is 0. The van der Waals surface area contributed by atoms with Crippen molar-refractivity contribution in [1.82, 2.24) is 5.43 Å². The van der Waals surface area contributed by atoms with Crippen molar-refractivity contribution < 1.29 is 9.13 Å². The first kappa shape index (κ1) is 15.8. The fourth-order valence-corrected chi connectivity index (χ4v) is 3.12. The second-order valence-corrected chi connectivity index (χ2v) is 5.83. The van der Waals surface area contributed by atoms with Gasteiger partial charge in [0.25, 0.3) is 0 Å². The van der Waals surface area contributed by atoms with Gasteiger partial charge in [-0.25, -0.2) is 4.39 Å². The van der Waals surface area contributed by atoms with Crippen LogP contribution in [0.2, 0.25) is 0 Å². The van der Waals surface area contributed by atoms with E-state index >= 15 is 0 Å². The van der Waals surface area contributed by atoms with Gasteiger partial charge in [-0.3, -0.25) is 11.3 Å². The quantitative estimate of drug-likeness (QED) is 0.487. The topological polar surface area (TPSA) is 47.3 Å². The SMILES string of the molecule is COc1ccc(C(CSc2cccc(C)c2)NN)cc1F. The number of ether oxygens (including phenoxy) is 1. The van der Waals surface area contributed by atoms with Gasteiger partial charge in [-0.1, -0.05) is 23.8 Å². The molecular weight excluding hydrogens is 287 g/mol. The van der Waals surface area contributed by atoms with Crippen LogP contribution in [0.15, 0.2) is 47.4 Å². The molecule has 3 nitrogen and oxygen atoms in total. The normalized spacial score (nSPS) is 12.2. The molecule has 2 aromatic rings. The Morgan fingerprint density at radius 3 is 2.71 bits per heavy atom. The van der Waals surface area contributed by atoms with Gasteiger partial charge in [0.2, 0.25) is 0 Å². The lowest BCUT2D eigenvalue weighted by atomic mass is 10.1.